The standard InChI is InChI=1S/C18H21N3O2S/c1-3-15-12(2)17(23)20-18(19-15)24-11-16(22)21-9-8-13-6-4-5-7-14(13)10-21/h4-7H,3,8-11H2,1-2H3,(H,19,20,23). The second kappa shape index (κ2) is 7.21. The molecule has 2 aromatic rings. The summed E-state index contributed by atoms with van der Waals surface area (Å²) in [5, 5.41) is 0.521. The van der Waals surface area contributed by atoms with E-state index in [4.69, 9.17) is 0 Å². The Hall–Kier alpha value is -2.08. The number of rotatable bonds is 4. The molecule has 0 atom stereocenters. The summed E-state index contributed by atoms with van der Waals surface area (Å²) < 4.78 is 0. The smallest absolute Gasteiger partial charge is 0.254 e. The number of nitrogens with zero attached hydrogens (tertiary/aromatic N) is 2. The minimum atomic E-state index is -0.122. The van der Waals surface area contributed by atoms with Gasteiger partial charge in [-0.05, 0) is 30.9 Å². The molecule has 1 aliphatic rings. The van der Waals surface area contributed by atoms with E-state index in [1.807, 2.05) is 24.0 Å². The molecule has 0 saturated heterocycles. The summed E-state index contributed by atoms with van der Waals surface area (Å²) in [6, 6.07) is 8.25. The van der Waals surface area contributed by atoms with Crippen molar-refractivity contribution in [1.82, 2.24) is 14.9 Å². The Labute approximate surface area is 145 Å². The van der Waals surface area contributed by atoms with Crippen molar-refractivity contribution in [2.45, 2.75) is 38.4 Å². The lowest BCUT2D eigenvalue weighted by Crippen LogP contribution is -2.37. The topological polar surface area (TPSA) is 66.1 Å². The van der Waals surface area contributed by atoms with Crippen LogP contribution in [0.1, 0.15) is 29.3 Å². The number of carbonyl (C=O) groups excluding carboxylic acids is 1. The van der Waals surface area contributed by atoms with Crippen molar-refractivity contribution in [2.24, 2.45) is 0 Å². The van der Waals surface area contributed by atoms with Crippen LogP contribution < -0.4 is 5.56 Å². The zero-order chi connectivity index (χ0) is 17.1. The van der Waals surface area contributed by atoms with Gasteiger partial charge in [-0.2, -0.15) is 0 Å². The Morgan fingerprint density at radius 2 is 2.08 bits per heavy atom. The number of carbonyl (C=O) groups is 1. The van der Waals surface area contributed by atoms with Gasteiger partial charge in [0, 0.05) is 18.7 Å². The molecule has 0 radical (unpaired) electrons. The van der Waals surface area contributed by atoms with Crippen molar-refractivity contribution in [3.05, 3.63) is 57.0 Å². The Morgan fingerprint density at radius 3 is 2.83 bits per heavy atom. The first kappa shape index (κ1) is 16.8. The zero-order valence-electron chi connectivity index (χ0n) is 14.0. The molecule has 0 saturated carbocycles. The fraction of sp³-hybridized carbons (Fsp3) is 0.389. The Bertz CT molecular complexity index is 816. The fourth-order valence-electron chi connectivity index (χ4n) is 2.90. The van der Waals surface area contributed by atoms with Crippen LogP contribution in [0.4, 0.5) is 0 Å². The molecule has 0 aliphatic carbocycles. The minimum absolute atomic E-state index is 0.0794. The summed E-state index contributed by atoms with van der Waals surface area (Å²) in [4.78, 5) is 33.4. The molecule has 1 aromatic carbocycles. The van der Waals surface area contributed by atoms with Crippen LogP contribution in [0.5, 0.6) is 0 Å². The van der Waals surface area contributed by atoms with Crippen molar-refractivity contribution < 1.29 is 4.79 Å². The number of H-pyrrole nitrogens is 1. The molecule has 3 rings (SSSR count). The average molecular weight is 343 g/mol. The van der Waals surface area contributed by atoms with E-state index in [2.05, 4.69) is 22.1 Å². The molecule has 0 spiro atoms. The van der Waals surface area contributed by atoms with Crippen molar-refractivity contribution >= 4 is 17.7 Å². The van der Waals surface area contributed by atoms with Crippen molar-refractivity contribution in [2.75, 3.05) is 12.3 Å². The first-order valence-electron chi connectivity index (χ1n) is 8.15. The number of aromatic nitrogens is 2. The van der Waals surface area contributed by atoms with Crippen molar-refractivity contribution in [3.63, 3.8) is 0 Å². The van der Waals surface area contributed by atoms with Crippen LogP contribution >= 0.6 is 11.8 Å². The van der Waals surface area contributed by atoms with Crippen LogP contribution in [-0.2, 0) is 24.2 Å². The number of hydrogen-bond acceptors (Lipinski definition) is 4. The van der Waals surface area contributed by atoms with Gasteiger partial charge in [0.1, 0.15) is 0 Å². The summed E-state index contributed by atoms with van der Waals surface area (Å²) in [7, 11) is 0. The first-order valence-corrected chi connectivity index (χ1v) is 9.14. The van der Waals surface area contributed by atoms with Crippen LogP contribution in [0.25, 0.3) is 0 Å². The second-order valence-corrected chi connectivity index (χ2v) is 6.88. The zero-order valence-corrected chi connectivity index (χ0v) is 14.8. The van der Waals surface area contributed by atoms with Gasteiger partial charge in [-0.15, -0.1) is 0 Å². The molecular formula is C18H21N3O2S. The SMILES string of the molecule is CCc1nc(SCC(=O)N2CCc3ccccc3C2)[nH]c(=O)c1C. The predicted molar refractivity (Wildman–Crippen MR) is 95.3 cm³/mol. The highest BCUT2D eigenvalue weighted by atomic mass is 32.2. The summed E-state index contributed by atoms with van der Waals surface area (Å²) >= 11 is 1.30. The monoisotopic (exact) mass is 343 g/mol. The minimum Gasteiger partial charge on any atom is -0.337 e. The average Bonchev–Trinajstić information content (AvgIpc) is 2.61. The summed E-state index contributed by atoms with van der Waals surface area (Å²) in [6.07, 6.45) is 1.60. The van der Waals surface area contributed by atoms with Gasteiger partial charge in [-0.3, -0.25) is 9.59 Å². The highest BCUT2D eigenvalue weighted by Crippen LogP contribution is 2.20. The Morgan fingerprint density at radius 1 is 1.33 bits per heavy atom. The molecule has 1 N–H and O–H groups in total. The quantitative estimate of drug-likeness (QED) is 0.683. The van der Waals surface area contributed by atoms with Gasteiger partial charge in [0.05, 0.1) is 11.4 Å². The van der Waals surface area contributed by atoms with Crippen LogP contribution in [0.15, 0.2) is 34.2 Å². The van der Waals surface area contributed by atoms with Crippen LogP contribution in [0.3, 0.4) is 0 Å². The number of aromatic amines is 1. The van der Waals surface area contributed by atoms with Gasteiger partial charge in [0.2, 0.25) is 5.91 Å². The number of aryl methyl sites for hydroxylation is 1. The van der Waals surface area contributed by atoms with Gasteiger partial charge in [0.25, 0.3) is 5.56 Å². The Kier molecular flexibility index (Phi) is 5.04. The van der Waals surface area contributed by atoms with E-state index in [1.165, 1.54) is 22.9 Å². The lowest BCUT2D eigenvalue weighted by Gasteiger charge is -2.28. The number of nitrogens with one attached hydrogen (secondary N) is 1. The third-order valence-electron chi connectivity index (χ3n) is 4.38. The highest BCUT2D eigenvalue weighted by molar-refractivity contribution is 7.99. The Balaban J connectivity index is 1.64. The van der Waals surface area contributed by atoms with Crippen molar-refractivity contribution in [3.8, 4) is 0 Å². The van der Waals surface area contributed by atoms with E-state index < -0.39 is 0 Å². The highest BCUT2D eigenvalue weighted by Gasteiger charge is 2.20. The molecule has 1 aliphatic heterocycles. The molecule has 6 heteroatoms. The maximum atomic E-state index is 12.5. The third kappa shape index (κ3) is 3.53. The second-order valence-electron chi connectivity index (χ2n) is 5.92. The normalized spacial score (nSPS) is 13.7. The molecule has 0 unspecified atom stereocenters. The van der Waals surface area contributed by atoms with E-state index in [0.29, 0.717) is 23.7 Å². The summed E-state index contributed by atoms with van der Waals surface area (Å²) in [5.74, 6) is 0.368. The molecule has 0 fully saturated rings. The van der Waals surface area contributed by atoms with Crippen molar-refractivity contribution in [1.29, 1.82) is 0 Å². The molecule has 1 aromatic heterocycles. The molecule has 1 amide bonds. The molecule has 5 nitrogen and oxygen atoms in total. The van der Waals surface area contributed by atoms with Gasteiger partial charge >= 0.3 is 0 Å². The van der Waals surface area contributed by atoms with Gasteiger partial charge in [0.15, 0.2) is 5.16 Å². The maximum Gasteiger partial charge on any atom is 0.254 e. The van der Waals surface area contributed by atoms with E-state index in [-0.39, 0.29) is 17.2 Å². The van der Waals surface area contributed by atoms with E-state index in [0.717, 1.165) is 18.7 Å². The van der Waals surface area contributed by atoms with Gasteiger partial charge in [-0.1, -0.05) is 43.0 Å². The van der Waals surface area contributed by atoms with E-state index in [1.54, 1.807) is 6.92 Å². The molecule has 2 heterocycles. The molecule has 126 valence electrons. The number of benzene rings is 1. The molecule has 0 bridgehead atoms. The molecular weight excluding hydrogens is 322 g/mol. The fourth-order valence-corrected chi connectivity index (χ4v) is 3.68. The summed E-state index contributed by atoms with van der Waals surface area (Å²) in [6.45, 7) is 5.15. The number of fused-ring (bicyclic) bond motifs is 1. The van der Waals surface area contributed by atoms with E-state index >= 15 is 0 Å². The largest absolute Gasteiger partial charge is 0.337 e. The maximum absolute atomic E-state index is 12.5. The lowest BCUT2D eigenvalue weighted by atomic mass is 10.00. The number of amides is 1. The van der Waals surface area contributed by atoms with Gasteiger partial charge < -0.3 is 9.88 Å². The third-order valence-corrected chi connectivity index (χ3v) is 5.24. The molecule has 24 heavy (non-hydrogen) atoms. The van der Waals surface area contributed by atoms with Crippen LogP contribution in [0.2, 0.25) is 0 Å². The summed E-state index contributed by atoms with van der Waals surface area (Å²) in [5.41, 5.74) is 3.87. The van der Waals surface area contributed by atoms with Gasteiger partial charge in [-0.25, -0.2) is 4.98 Å². The van der Waals surface area contributed by atoms with E-state index in [9.17, 15) is 9.59 Å². The first-order chi connectivity index (χ1) is 11.6. The lowest BCUT2D eigenvalue weighted by molar-refractivity contribution is -0.129. The van der Waals surface area contributed by atoms with Crippen LogP contribution in [0, 0.1) is 6.92 Å². The number of hydrogen-bond donors (Lipinski definition) is 1. The predicted octanol–water partition coefficient (Wildman–Crippen LogP) is 2.32. The number of thioether (sulfide) groups is 1. The van der Waals surface area contributed by atoms with Crippen LogP contribution in [-0.4, -0.2) is 33.1 Å².